The topological polar surface area (TPSA) is 279 Å². The number of nitrogens with zero attached hydrogens (tertiary/aromatic N) is 12. The van der Waals surface area contributed by atoms with Crippen LogP contribution in [0.5, 0.6) is 0 Å². The zero-order valence-electron chi connectivity index (χ0n) is 63.4. The van der Waals surface area contributed by atoms with E-state index in [4.69, 9.17) is 14.4 Å². The molecule has 0 spiro atoms. The zero-order chi connectivity index (χ0) is 76.2. The molecule has 4 aromatic carbocycles. The van der Waals surface area contributed by atoms with Gasteiger partial charge in [0.15, 0.2) is 0 Å². The Morgan fingerprint density at radius 3 is 1.78 bits per heavy atom. The van der Waals surface area contributed by atoms with E-state index in [2.05, 4.69) is 136 Å². The molecular formula is C85H93N17O9. The first-order valence-electron chi connectivity index (χ1n) is 39.4. The lowest BCUT2D eigenvalue weighted by Crippen LogP contribution is -2.58. The number of anilines is 4. The third kappa shape index (κ3) is 13.3. The predicted molar refractivity (Wildman–Crippen MR) is 425 cm³/mol. The Balaban J connectivity index is 0.627. The quantitative estimate of drug-likeness (QED) is 0.0604. The Labute approximate surface area is 641 Å². The van der Waals surface area contributed by atoms with E-state index in [0.29, 0.717) is 63.6 Å². The summed E-state index contributed by atoms with van der Waals surface area (Å²) in [5, 5.41) is 10.9. The number of carbonyl (C=O) groups excluding carboxylic acids is 6. The van der Waals surface area contributed by atoms with E-state index in [-0.39, 0.29) is 84.6 Å². The normalized spacial score (nSPS) is 22.9. The van der Waals surface area contributed by atoms with E-state index in [9.17, 15) is 38.4 Å². The molecule has 8 aliphatic rings. The van der Waals surface area contributed by atoms with Crippen LogP contribution in [0.2, 0.25) is 0 Å². The van der Waals surface area contributed by atoms with Gasteiger partial charge in [0.2, 0.25) is 23.6 Å². The second kappa shape index (κ2) is 28.8. The van der Waals surface area contributed by atoms with Crippen molar-refractivity contribution >= 4 is 80.3 Å². The summed E-state index contributed by atoms with van der Waals surface area (Å²) in [6, 6.07) is 35.8. The summed E-state index contributed by atoms with van der Waals surface area (Å²) in [5.74, 6) is 0.345. The number of imidazole rings is 2. The smallest absolute Gasteiger partial charge is 0.329 e. The average molecular weight is 1500 g/mol. The minimum Gasteiger partial charge on any atom is -0.460 e. The highest BCUT2D eigenvalue weighted by Crippen LogP contribution is 2.43. The van der Waals surface area contributed by atoms with Crippen LogP contribution >= 0.6 is 0 Å². The number of aromatic amines is 1. The molecule has 6 saturated heterocycles. The van der Waals surface area contributed by atoms with Crippen LogP contribution < -0.4 is 52.2 Å². The van der Waals surface area contributed by atoms with Crippen molar-refractivity contribution in [2.45, 2.75) is 103 Å². The van der Waals surface area contributed by atoms with Gasteiger partial charge in [-0.3, -0.25) is 77.4 Å². The number of amides is 6. The van der Waals surface area contributed by atoms with E-state index in [0.717, 1.165) is 173 Å². The van der Waals surface area contributed by atoms with Crippen LogP contribution in [-0.4, -0.2) is 182 Å². The monoisotopic (exact) mass is 1500 g/mol. The number of aryl methyl sites for hydroxylation is 4. The fourth-order valence-corrected chi connectivity index (χ4v) is 19.4. The van der Waals surface area contributed by atoms with Crippen LogP contribution in [0.3, 0.4) is 0 Å². The van der Waals surface area contributed by atoms with Gasteiger partial charge in [-0.05, 0) is 173 Å². The number of aromatic nitrogens is 7. The molecule has 0 bridgehead atoms. The molecule has 26 heteroatoms. The van der Waals surface area contributed by atoms with Crippen molar-refractivity contribution in [3.8, 4) is 45.1 Å². The van der Waals surface area contributed by atoms with Crippen molar-refractivity contribution in [1.82, 2.24) is 64.3 Å². The molecule has 6 amide bonds. The van der Waals surface area contributed by atoms with Gasteiger partial charge in [0.1, 0.15) is 23.6 Å². The maximum atomic E-state index is 14.4. The summed E-state index contributed by atoms with van der Waals surface area (Å²) in [4.78, 5) is 134. The summed E-state index contributed by atoms with van der Waals surface area (Å²) >= 11 is 0. The number of nitrogens with one attached hydrogen (secondary N) is 5. The number of rotatable bonds is 15. The SMILES string of the molecule is Cc1cc(-c2cc(-c3cc4c([nH]3)CCNC4=O)ccn2)cc(C)c1N1CCN(CC2CCN(c3ccc4c(c3)n(C)c(=O)n4C3CCC(=O)NC3=O)CC2C2CC(CN3CCN(c4ccc(-c5cc(-c6cc7c(o6)C[C@@H](C)NC7=O)ccn5)cc4)CC3)CCN2c2ccc3c(c2)n(C)c(=O)n3C2CCC(=O)NC2=O)CC1. The van der Waals surface area contributed by atoms with Gasteiger partial charge in [-0.25, -0.2) is 9.59 Å². The van der Waals surface area contributed by atoms with Crippen LogP contribution in [0.1, 0.15) is 107 Å². The lowest BCUT2D eigenvalue weighted by atomic mass is 9.74. The van der Waals surface area contributed by atoms with Crippen LogP contribution in [0.25, 0.3) is 67.2 Å². The van der Waals surface area contributed by atoms with Gasteiger partial charge in [-0.1, -0.05) is 12.1 Å². The number of furan rings is 1. The molecular weight excluding hydrogens is 1400 g/mol. The highest BCUT2D eigenvalue weighted by atomic mass is 16.3. The van der Waals surface area contributed by atoms with E-state index < -0.39 is 23.9 Å². The molecule has 0 radical (unpaired) electrons. The van der Waals surface area contributed by atoms with Gasteiger partial charge < -0.3 is 39.6 Å². The Kier molecular flexibility index (Phi) is 18.5. The number of imide groups is 2. The first kappa shape index (κ1) is 71.2. The van der Waals surface area contributed by atoms with Crippen molar-refractivity contribution in [3.63, 3.8) is 0 Å². The molecule has 6 aromatic heterocycles. The first-order valence-corrected chi connectivity index (χ1v) is 39.4. The molecule has 6 unspecified atom stereocenters. The molecule has 0 saturated carbocycles. The van der Waals surface area contributed by atoms with Crippen molar-refractivity contribution in [1.29, 1.82) is 0 Å². The van der Waals surface area contributed by atoms with Crippen molar-refractivity contribution < 1.29 is 33.2 Å². The number of piperidine rings is 4. The Morgan fingerprint density at radius 2 is 1.13 bits per heavy atom. The Morgan fingerprint density at radius 1 is 0.523 bits per heavy atom. The lowest BCUT2D eigenvalue weighted by molar-refractivity contribution is -0.137. The van der Waals surface area contributed by atoms with Gasteiger partial charge >= 0.3 is 11.4 Å². The lowest BCUT2D eigenvalue weighted by Gasteiger charge is -2.52. The summed E-state index contributed by atoms with van der Waals surface area (Å²) in [6.45, 7) is 18.2. The third-order valence-corrected chi connectivity index (χ3v) is 25.2. The molecule has 0 aliphatic carbocycles. The maximum absolute atomic E-state index is 14.4. The standard InChI is InChI=1S/C85H93N17O9/c1-49-36-57(66-40-54(18-23-87-66)67-44-61-64(90-67)20-25-88-80(61)105)37-50(2)79(49)98-34-30-96(31-35-98)47-56-22-26-99(59-10-12-68-73(42-59)93(4)84(109)101(68)70-14-16-77(103)91-82(70)107)48-63(56)72-39-52(21-27-100(72)60-11-13-69-74(43-60)94(5)85(110)102(69)71-15-17-78(104)92-83(71)108)46-95-28-32-97(33-29-95)58-8-6-53(7-9-58)65-41-55(19-24-86-65)75-45-62-76(111-75)38-51(3)89-81(62)106/h6-13,18-19,23-24,36-37,40-45,51-52,56,63,70-72,90H,14-17,20-22,25-35,38-39,46-48H2,1-5H3,(H,88,105)(H,89,106)(H,91,103,107)(H,92,104,108)/t51-,52?,56?,63?,70?,71?,72?/m1/s1. The van der Waals surface area contributed by atoms with Gasteiger partial charge in [0.05, 0.1) is 44.6 Å². The highest BCUT2D eigenvalue weighted by molar-refractivity contribution is 6.02. The summed E-state index contributed by atoms with van der Waals surface area (Å²) < 4.78 is 12.6. The van der Waals surface area contributed by atoms with E-state index >= 15 is 0 Å². The Hall–Kier alpha value is -11.4. The number of piperazine rings is 2. The van der Waals surface area contributed by atoms with Gasteiger partial charge in [-0.15, -0.1) is 0 Å². The van der Waals surface area contributed by atoms with E-state index in [1.165, 1.54) is 16.8 Å². The van der Waals surface area contributed by atoms with Crippen molar-refractivity contribution in [3.05, 3.63) is 176 Å². The van der Waals surface area contributed by atoms with Crippen LogP contribution in [0.4, 0.5) is 22.7 Å². The second-order valence-corrected chi connectivity index (χ2v) is 32.1. The number of carbonyl (C=O) groups is 6. The summed E-state index contributed by atoms with van der Waals surface area (Å²) in [6.07, 6.45) is 8.61. The summed E-state index contributed by atoms with van der Waals surface area (Å²) in [5.41, 5.74) is 17.6. The number of fused-ring (bicyclic) bond motifs is 4. The van der Waals surface area contributed by atoms with Gasteiger partial charge in [-0.2, -0.15) is 0 Å². The van der Waals surface area contributed by atoms with E-state index in [1.54, 1.807) is 38.6 Å². The molecule has 6 fully saturated rings. The number of H-pyrrole nitrogens is 1. The second-order valence-electron chi connectivity index (χ2n) is 32.1. The Bertz CT molecular complexity index is 5510. The molecule has 26 nitrogen and oxygen atoms in total. The van der Waals surface area contributed by atoms with Crippen LogP contribution in [-0.2, 0) is 46.1 Å². The first-order chi connectivity index (χ1) is 53.8. The van der Waals surface area contributed by atoms with Crippen molar-refractivity contribution in [2.24, 2.45) is 31.8 Å². The average Bonchev–Trinajstić information content (AvgIpc) is 1.53. The number of pyridine rings is 2. The molecule has 7 atom stereocenters. The maximum Gasteiger partial charge on any atom is 0.329 e. The van der Waals surface area contributed by atoms with Gasteiger partial charge in [0, 0.05) is 218 Å². The van der Waals surface area contributed by atoms with E-state index in [1.807, 2.05) is 55.6 Å². The molecule has 14 heterocycles. The zero-order valence-corrected chi connectivity index (χ0v) is 63.4. The number of hydrogen-bond donors (Lipinski definition) is 5. The fraction of sp³-hybridized carbons (Fsp3) is 0.412. The largest absolute Gasteiger partial charge is 0.460 e. The molecule has 111 heavy (non-hydrogen) atoms. The van der Waals surface area contributed by atoms with Crippen LogP contribution in [0, 0.1) is 31.6 Å². The van der Waals surface area contributed by atoms with Crippen molar-refractivity contribution in [2.75, 3.05) is 111 Å². The molecule has 5 N–H and O–H groups in total. The molecule has 572 valence electrons. The number of benzene rings is 4. The van der Waals surface area contributed by atoms with Gasteiger partial charge in [0.25, 0.3) is 11.8 Å². The third-order valence-electron chi connectivity index (χ3n) is 25.2. The summed E-state index contributed by atoms with van der Waals surface area (Å²) in [7, 11) is 3.52. The number of hydrogen-bond acceptors (Lipinski definition) is 17. The molecule has 10 aromatic rings. The minimum atomic E-state index is -0.817. The fourth-order valence-electron chi connectivity index (χ4n) is 19.4. The minimum absolute atomic E-state index is 0.0113. The van der Waals surface area contributed by atoms with Crippen LogP contribution in [0.15, 0.2) is 136 Å². The molecule has 8 aliphatic heterocycles. The molecule has 18 rings (SSSR count). The highest BCUT2D eigenvalue weighted by Gasteiger charge is 2.44. The predicted octanol–water partition coefficient (Wildman–Crippen LogP) is 8.28.